The smallest absolute Gasteiger partial charge is 0.0645 e. The molecule has 0 saturated carbocycles. The molecule has 0 aliphatic carbocycles. The Bertz CT molecular complexity index is 166. The van der Waals surface area contributed by atoms with Crippen LogP contribution in [0.5, 0.6) is 0 Å². The van der Waals surface area contributed by atoms with Crippen molar-refractivity contribution in [1.29, 1.82) is 0 Å². The first kappa shape index (κ1) is 13.9. The fourth-order valence-electron chi connectivity index (χ4n) is 2.01. The summed E-state index contributed by atoms with van der Waals surface area (Å²) >= 11 is 0. The fraction of sp³-hybridized carbons (Fsp3) is 1.00. The normalized spacial score (nSPS) is 23.4. The predicted octanol–water partition coefficient (Wildman–Crippen LogP) is 0.675. The van der Waals surface area contributed by atoms with Crippen LogP contribution < -0.4 is 0 Å². The Kier molecular flexibility index (Phi) is 6.96. The number of rotatable bonds is 4. The first-order valence-corrected chi connectivity index (χ1v) is 6.43. The van der Waals surface area contributed by atoms with Gasteiger partial charge in [0, 0.05) is 39.8 Å². The summed E-state index contributed by atoms with van der Waals surface area (Å²) in [6.07, 6.45) is 0. The summed E-state index contributed by atoms with van der Waals surface area (Å²) in [7, 11) is 1.77. The molecule has 0 radical (unpaired) electrons. The second-order valence-corrected chi connectivity index (χ2v) is 4.06. The van der Waals surface area contributed by atoms with Crippen LogP contribution in [0.25, 0.3) is 0 Å². The van der Waals surface area contributed by atoms with Crippen LogP contribution in [0.4, 0.5) is 0 Å². The van der Waals surface area contributed by atoms with Gasteiger partial charge in [-0.1, -0.05) is 13.8 Å². The quantitative estimate of drug-likeness (QED) is 0.709. The van der Waals surface area contributed by atoms with E-state index in [4.69, 9.17) is 9.47 Å². The van der Waals surface area contributed by atoms with Gasteiger partial charge in [-0.3, -0.25) is 9.80 Å². The van der Waals surface area contributed by atoms with Gasteiger partial charge in [-0.15, -0.1) is 0 Å². The maximum atomic E-state index is 5.20. The predicted molar refractivity (Wildman–Crippen MR) is 65.8 cm³/mol. The van der Waals surface area contributed by atoms with Gasteiger partial charge in [-0.25, -0.2) is 0 Å². The van der Waals surface area contributed by atoms with E-state index in [9.17, 15) is 0 Å². The molecule has 2 aliphatic rings. The molecule has 0 amide bonds. The largest absolute Gasteiger partial charge is 0.383 e. The molecule has 16 heavy (non-hydrogen) atoms. The topological polar surface area (TPSA) is 24.9 Å². The van der Waals surface area contributed by atoms with Crippen molar-refractivity contribution in [2.45, 2.75) is 19.9 Å². The molecule has 4 nitrogen and oxygen atoms in total. The minimum absolute atomic E-state index is 0.708. The number of hydrogen-bond donors (Lipinski definition) is 0. The molecule has 2 rings (SSSR count). The zero-order valence-electron chi connectivity index (χ0n) is 10.9. The van der Waals surface area contributed by atoms with Crippen molar-refractivity contribution in [3.63, 3.8) is 0 Å². The number of hydrogen-bond acceptors (Lipinski definition) is 4. The lowest BCUT2D eigenvalue weighted by Crippen LogP contribution is -2.56. The van der Waals surface area contributed by atoms with Crippen molar-refractivity contribution < 1.29 is 9.47 Å². The molecule has 0 N–H and O–H groups in total. The summed E-state index contributed by atoms with van der Waals surface area (Å²) in [6.45, 7) is 12.6. The van der Waals surface area contributed by atoms with Crippen LogP contribution in [-0.4, -0.2) is 75.5 Å². The van der Waals surface area contributed by atoms with E-state index in [2.05, 4.69) is 9.80 Å². The molecule has 0 aromatic rings. The third-order valence-corrected chi connectivity index (χ3v) is 3.16. The monoisotopic (exact) mass is 230 g/mol. The van der Waals surface area contributed by atoms with Crippen LogP contribution in [0.3, 0.4) is 0 Å². The van der Waals surface area contributed by atoms with E-state index >= 15 is 0 Å². The Labute approximate surface area is 99.5 Å². The maximum Gasteiger partial charge on any atom is 0.0645 e. The number of nitrogens with zero attached hydrogens (tertiary/aromatic N) is 2. The highest BCUT2D eigenvalue weighted by atomic mass is 16.5. The van der Waals surface area contributed by atoms with Crippen LogP contribution in [-0.2, 0) is 9.47 Å². The summed E-state index contributed by atoms with van der Waals surface area (Å²) < 4.78 is 10.3. The van der Waals surface area contributed by atoms with Gasteiger partial charge in [-0.2, -0.15) is 0 Å². The minimum Gasteiger partial charge on any atom is -0.383 e. The Morgan fingerprint density at radius 3 is 2.19 bits per heavy atom. The van der Waals surface area contributed by atoms with Crippen LogP contribution in [0.15, 0.2) is 0 Å². The average molecular weight is 230 g/mol. The molecule has 0 aromatic heterocycles. The molecule has 2 saturated heterocycles. The minimum atomic E-state index is 0.708. The lowest BCUT2D eigenvalue weighted by atomic mass is 10.2. The molecule has 0 aromatic carbocycles. The molecule has 96 valence electrons. The molecule has 2 aliphatic heterocycles. The molecule has 2 fully saturated rings. The highest BCUT2D eigenvalue weighted by Crippen LogP contribution is 2.12. The van der Waals surface area contributed by atoms with Gasteiger partial charge in [0.25, 0.3) is 0 Å². The third-order valence-electron chi connectivity index (χ3n) is 3.16. The second-order valence-electron chi connectivity index (χ2n) is 4.06. The Morgan fingerprint density at radius 1 is 1.12 bits per heavy atom. The molecular formula is C12H26N2O2. The molecule has 0 atom stereocenters. The van der Waals surface area contributed by atoms with Crippen LogP contribution in [0, 0.1) is 0 Å². The Balaban J connectivity index is 0.000000606. The number of methoxy groups -OCH3 is 1. The molecule has 4 heteroatoms. The summed E-state index contributed by atoms with van der Waals surface area (Å²) in [4.78, 5) is 5.02. The summed E-state index contributed by atoms with van der Waals surface area (Å²) in [5, 5.41) is 0. The van der Waals surface area contributed by atoms with Crippen LogP contribution >= 0.6 is 0 Å². The molecule has 2 heterocycles. The summed E-state index contributed by atoms with van der Waals surface area (Å²) in [5.74, 6) is 0. The second kappa shape index (κ2) is 8.01. The average Bonchev–Trinajstić information content (AvgIpc) is 2.29. The fourth-order valence-corrected chi connectivity index (χ4v) is 2.01. The highest BCUT2D eigenvalue weighted by molar-refractivity contribution is 4.82. The molecule has 0 spiro atoms. The Morgan fingerprint density at radius 2 is 1.75 bits per heavy atom. The van der Waals surface area contributed by atoms with Crippen LogP contribution in [0.1, 0.15) is 13.8 Å². The van der Waals surface area contributed by atoms with E-state index in [1.54, 1.807) is 7.11 Å². The van der Waals surface area contributed by atoms with E-state index in [-0.39, 0.29) is 0 Å². The molecule has 0 unspecified atom stereocenters. The van der Waals surface area contributed by atoms with Gasteiger partial charge in [0.2, 0.25) is 0 Å². The van der Waals surface area contributed by atoms with Crippen molar-refractivity contribution in [3.8, 4) is 0 Å². The van der Waals surface area contributed by atoms with Crippen molar-refractivity contribution >= 4 is 0 Å². The lowest BCUT2D eigenvalue weighted by molar-refractivity contribution is -0.0776. The van der Waals surface area contributed by atoms with Crippen molar-refractivity contribution in [3.05, 3.63) is 0 Å². The number of piperazine rings is 1. The van der Waals surface area contributed by atoms with Crippen LogP contribution in [0.2, 0.25) is 0 Å². The zero-order chi connectivity index (χ0) is 11.8. The SMILES string of the molecule is CC.COCCN1CCN(C2COC2)CC1. The van der Waals surface area contributed by atoms with E-state index in [1.807, 2.05) is 13.8 Å². The third kappa shape index (κ3) is 4.01. The summed E-state index contributed by atoms with van der Waals surface area (Å²) in [6, 6.07) is 0.708. The number of ether oxygens (including phenoxy) is 2. The highest BCUT2D eigenvalue weighted by Gasteiger charge is 2.28. The van der Waals surface area contributed by atoms with Crippen molar-refractivity contribution in [1.82, 2.24) is 9.80 Å². The van der Waals surface area contributed by atoms with Gasteiger partial charge in [0.1, 0.15) is 0 Å². The van der Waals surface area contributed by atoms with Gasteiger partial charge < -0.3 is 9.47 Å². The molecular weight excluding hydrogens is 204 g/mol. The van der Waals surface area contributed by atoms with Gasteiger partial charge in [-0.05, 0) is 0 Å². The van der Waals surface area contributed by atoms with Crippen molar-refractivity contribution in [2.75, 3.05) is 59.7 Å². The van der Waals surface area contributed by atoms with E-state index in [1.165, 1.54) is 26.2 Å². The van der Waals surface area contributed by atoms with Gasteiger partial charge in [0.15, 0.2) is 0 Å². The van der Waals surface area contributed by atoms with Gasteiger partial charge in [0.05, 0.1) is 25.9 Å². The Hall–Kier alpha value is -0.160. The van der Waals surface area contributed by atoms with E-state index in [0.717, 1.165) is 26.4 Å². The van der Waals surface area contributed by atoms with E-state index < -0.39 is 0 Å². The standard InChI is InChI=1S/C10H20N2O2.C2H6/c1-13-7-6-11-2-4-12(5-3-11)10-8-14-9-10;1-2/h10H,2-9H2,1H3;1-2H3. The first-order valence-electron chi connectivity index (χ1n) is 6.43. The maximum absolute atomic E-state index is 5.20. The zero-order valence-corrected chi connectivity index (χ0v) is 10.9. The van der Waals surface area contributed by atoms with Gasteiger partial charge >= 0.3 is 0 Å². The first-order chi connectivity index (χ1) is 7.90. The van der Waals surface area contributed by atoms with E-state index in [0.29, 0.717) is 6.04 Å². The summed E-state index contributed by atoms with van der Waals surface area (Å²) in [5.41, 5.74) is 0. The lowest BCUT2D eigenvalue weighted by Gasteiger charge is -2.42. The molecule has 0 bridgehead atoms. The van der Waals surface area contributed by atoms with Crippen molar-refractivity contribution in [2.24, 2.45) is 0 Å².